The Labute approximate surface area is 92.9 Å². The molecule has 0 aromatic carbocycles. The first-order chi connectivity index (χ1) is 7.30. The van der Waals surface area contributed by atoms with Crippen LogP contribution in [0.15, 0.2) is 0 Å². The number of nitro groups is 1. The van der Waals surface area contributed by atoms with Gasteiger partial charge in [0.05, 0.1) is 14.2 Å². The monoisotopic (exact) mass is 233 g/mol. The first-order valence-electron chi connectivity index (χ1n) is 4.59. The maximum Gasteiger partial charge on any atom is 0.323 e. The molecule has 0 saturated heterocycles. The fourth-order valence-electron chi connectivity index (χ4n) is 1.32. The summed E-state index contributed by atoms with van der Waals surface area (Å²) in [5.74, 6) is -2.50. The second-order valence-electron chi connectivity index (χ2n) is 3.60. The Kier molecular flexibility index (Phi) is 4.87. The van der Waals surface area contributed by atoms with Gasteiger partial charge in [0.25, 0.3) is 0 Å². The van der Waals surface area contributed by atoms with Crippen LogP contribution in [0.3, 0.4) is 0 Å². The van der Waals surface area contributed by atoms with Crippen LogP contribution in [0.25, 0.3) is 0 Å². The molecule has 0 rings (SSSR count). The summed E-state index contributed by atoms with van der Waals surface area (Å²) in [4.78, 5) is 32.8. The molecule has 92 valence electrons. The third kappa shape index (κ3) is 2.68. The summed E-state index contributed by atoms with van der Waals surface area (Å²) in [7, 11) is 2.23. The number of esters is 2. The Bertz CT molecular complexity index is 284. The van der Waals surface area contributed by atoms with Crippen molar-refractivity contribution in [3.05, 3.63) is 10.1 Å². The topological polar surface area (TPSA) is 95.7 Å². The molecule has 7 nitrogen and oxygen atoms in total. The zero-order chi connectivity index (χ0) is 12.9. The number of methoxy groups -OCH3 is 2. The van der Waals surface area contributed by atoms with Crippen molar-refractivity contribution in [2.24, 2.45) is 11.3 Å². The molecule has 0 bridgehead atoms. The largest absolute Gasteiger partial charge is 0.468 e. The second-order valence-corrected chi connectivity index (χ2v) is 3.60. The van der Waals surface area contributed by atoms with E-state index in [1.165, 1.54) is 13.8 Å². The van der Waals surface area contributed by atoms with Gasteiger partial charge in [0.1, 0.15) is 0 Å². The molecule has 0 saturated carbocycles. The van der Waals surface area contributed by atoms with Gasteiger partial charge in [-0.15, -0.1) is 0 Å². The minimum atomic E-state index is -1.66. The van der Waals surface area contributed by atoms with Crippen LogP contribution in [-0.4, -0.2) is 37.6 Å². The van der Waals surface area contributed by atoms with E-state index in [1.54, 1.807) is 0 Å². The molecule has 0 fully saturated rings. The molecule has 7 heteroatoms. The molecule has 0 spiro atoms. The van der Waals surface area contributed by atoms with E-state index in [1.807, 2.05) is 0 Å². The number of hydrogen-bond donors (Lipinski definition) is 0. The van der Waals surface area contributed by atoms with Crippen molar-refractivity contribution in [2.45, 2.75) is 13.8 Å². The Morgan fingerprint density at radius 1 is 1.31 bits per heavy atom. The zero-order valence-electron chi connectivity index (χ0n) is 9.68. The summed E-state index contributed by atoms with van der Waals surface area (Å²) < 4.78 is 8.96. The van der Waals surface area contributed by atoms with E-state index in [2.05, 4.69) is 9.47 Å². The van der Waals surface area contributed by atoms with Crippen molar-refractivity contribution in [1.29, 1.82) is 0 Å². The standard InChI is InChI=1S/C9H15NO6/c1-6(5-10(13)14)9(2,7(11)15-3)8(12)16-4/h6H,5H2,1-4H3/t6-/m0/s1. The fourth-order valence-corrected chi connectivity index (χ4v) is 1.32. The van der Waals surface area contributed by atoms with Crippen LogP contribution in [0.5, 0.6) is 0 Å². The molecular weight excluding hydrogens is 218 g/mol. The maximum atomic E-state index is 11.5. The predicted molar refractivity (Wildman–Crippen MR) is 53.2 cm³/mol. The second kappa shape index (κ2) is 5.43. The Balaban J connectivity index is 5.14. The van der Waals surface area contributed by atoms with Crippen LogP contribution in [0.2, 0.25) is 0 Å². The fraction of sp³-hybridized carbons (Fsp3) is 0.778. The van der Waals surface area contributed by atoms with E-state index in [4.69, 9.17) is 0 Å². The van der Waals surface area contributed by atoms with Crippen LogP contribution in [-0.2, 0) is 19.1 Å². The van der Waals surface area contributed by atoms with Crippen molar-refractivity contribution >= 4 is 11.9 Å². The molecule has 1 atom stereocenters. The van der Waals surface area contributed by atoms with Gasteiger partial charge in [0, 0.05) is 10.8 Å². The van der Waals surface area contributed by atoms with Crippen LogP contribution in [0.4, 0.5) is 0 Å². The number of rotatable bonds is 5. The van der Waals surface area contributed by atoms with Crippen LogP contribution >= 0.6 is 0 Å². The van der Waals surface area contributed by atoms with Gasteiger partial charge in [0.15, 0.2) is 5.41 Å². The number of carbonyl (C=O) groups is 2. The molecule has 0 aliphatic heterocycles. The third-order valence-corrected chi connectivity index (χ3v) is 2.63. The van der Waals surface area contributed by atoms with Gasteiger partial charge in [-0.3, -0.25) is 19.7 Å². The average molecular weight is 233 g/mol. The SMILES string of the molecule is COC(=O)C(C)(C(=O)OC)[C@@H](C)C[N+](=O)[O-]. The van der Waals surface area contributed by atoms with Gasteiger partial charge in [-0.1, -0.05) is 6.92 Å². The van der Waals surface area contributed by atoms with E-state index in [-0.39, 0.29) is 0 Å². The smallest absolute Gasteiger partial charge is 0.323 e. The lowest BCUT2D eigenvalue weighted by molar-refractivity contribution is -0.489. The molecule has 0 aromatic rings. The summed E-state index contributed by atoms with van der Waals surface area (Å²) in [6, 6.07) is 0. The van der Waals surface area contributed by atoms with Gasteiger partial charge in [-0.05, 0) is 6.92 Å². The molecule has 0 aromatic heterocycles. The Hall–Kier alpha value is -1.66. The molecule has 0 amide bonds. The molecule has 0 unspecified atom stereocenters. The molecule has 0 aliphatic carbocycles. The van der Waals surface area contributed by atoms with Gasteiger partial charge >= 0.3 is 11.9 Å². The summed E-state index contributed by atoms with van der Waals surface area (Å²) in [5.41, 5.74) is -1.66. The molecular formula is C9H15NO6. The number of carbonyl (C=O) groups excluding carboxylic acids is 2. The summed E-state index contributed by atoms with van der Waals surface area (Å²) >= 11 is 0. The lowest BCUT2D eigenvalue weighted by Gasteiger charge is -2.27. The van der Waals surface area contributed by atoms with Gasteiger partial charge in [-0.2, -0.15) is 0 Å². The molecule has 0 N–H and O–H groups in total. The molecule has 16 heavy (non-hydrogen) atoms. The highest BCUT2D eigenvalue weighted by Crippen LogP contribution is 2.30. The minimum Gasteiger partial charge on any atom is -0.468 e. The van der Waals surface area contributed by atoms with Gasteiger partial charge < -0.3 is 9.47 Å². The minimum absolute atomic E-state index is 0.513. The van der Waals surface area contributed by atoms with Gasteiger partial charge in [-0.25, -0.2) is 0 Å². The summed E-state index contributed by atoms with van der Waals surface area (Å²) in [6.45, 7) is 2.19. The van der Waals surface area contributed by atoms with Crippen LogP contribution < -0.4 is 0 Å². The Morgan fingerprint density at radius 3 is 1.94 bits per heavy atom. The van der Waals surface area contributed by atoms with Crippen molar-refractivity contribution in [2.75, 3.05) is 20.8 Å². The van der Waals surface area contributed by atoms with Crippen LogP contribution in [0, 0.1) is 21.4 Å². The number of hydrogen-bond acceptors (Lipinski definition) is 6. The summed E-state index contributed by atoms with van der Waals surface area (Å²) in [6.07, 6.45) is 0. The highest BCUT2D eigenvalue weighted by Gasteiger charge is 2.50. The van der Waals surface area contributed by atoms with E-state index < -0.39 is 34.7 Å². The first kappa shape index (κ1) is 14.3. The first-order valence-corrected chi connectivity index (χ1v) is 4.59. The molecule has 0 radical (unpaired) electrons. The zero-order valence-corrected chi connectivity index (χ0v) is 9.68. The number of nitrogens with zero attached hydrogens (tertiary/aromatic N) is 1. The van der Waals surface area contributed by atoms with Crippen molar-refractivity contribution in [3.63, 3.8) is 0 Å². The van der Waals surface area contributed by atoms with E-state index >= 15 is 0 Å². The van der Waals surface area contributed by atoms with Gasteiger partial charge in [0.2, 0.25) is 6.54 Å². The average Bonchev–Trinajstić information content (AvgIpc) is 2.24. The van der Waals surface area contributed by atoms with E-state index in [9.17, 15) is 19.7 Å². The third-order valence-electron chi connectivity index (χ3n) is 2.63. The maximum absolute atomic E-state index is 11.5. The van der Waals surface area contributed by atoms with Crippen molar-refractivity contribution < 1.29 is 24.0 Å². The highest BCUT2D eigenvalue weighted by atomic mass is 16.6. The molecule has 0 heterocycles. The lowest BCUT2D eigenvalue weighted by atomic mass is 9.78. The van der Waals surface area contributed by atoms with E-state index in [0.717, 1.165) is 14.2 Å². The van der Waals surface area contributed by atoms with Crippen LogP contribution in [0.1, 0.15) is 13.8 Å². The van der Waals surface area contributed by atoms with Crippen molar-refractivity contribution in [3.8, 4) is 0 Å². The van der Waals surface area contributed by atoms with Crippen molar-refractivity contribution in [1.82, 2.24) is 0 Å². The normalized spacial score (nSPS) is 12.8. The quantitative estimate of drug-likeness (QED) is 0.292. The highest BCUT2D eigenvalue weighted by molar-refractivity contribution is 5.99. The predicted octanol–water partition coefficient (Wildman–Crippen LogP) is 0.252. The Morgan fingerprint density at radius 2 is 1.69 bits per heavy atom. The lowest BCUT2D eigenvalue weighted by Crippen LogP contribution is -2.46. The number of ether oxygens (including phenoxy) is 2. The summed E-state index contributed by atoms with van der Waals surface area (Å²) in [5, 5.41) is 10.4. The van der Waals surface area contributed by atoms with E-state index in [0.29, 0.717) is 0 Å². The molecule has 0 aliphatic rings.